The minimum absolute atomic E-state index is 0.0419. The molecule has 0 aromatic heterocycles. The van der Waals surface area contributed by atoms with Crippen molar-refractivity contribution >= 4 is 21.8 Å². The van der Waals surface area contributed by atoms with Crippen molar-refractivity contribution in [3.8, 4) is 0 Å². The SMILES string of the molecule is CC[C@H]1[C@@H](O)[C@@H]2[C@H](CC[C@]3(C)[C@@H]([C@H](C)COC(=O)NS(=O)(=O)c4ccc(N5CCCC5)cc4)CC[C@@H]23)[C@@]2(C)CC[C@@H](O)C[C@@H]12. The first kappa shape index (κ1) is 32.1. The fourth-order valence-corrected chi connectivity index (χ4v) is 12.2. The Bertz CT molecular complexity index is 1300. The van der Waals surface area contributed by atoms with Crippen molar-refractivity contribution in [2.24, 2.45) is 52.3 Å². The maximum absolute atomic E-state index is 12.9. The first-order valence-electron chi connectivity index (χ1n) is 17.3. The molecule has 1 aromatic carbocycles. The van der Waals surface area contributed by atoms with Gasteiger partial charge in [0.25, 0.3) is 10.0 Å². The van der Waals surface area contributed by atoms with Crippen molar-refractivity contribution < 1.29 is 28.2 Å². The van der Waals surface area contributed by atoms with Crippen LogP contribution in [0.5, 0.6) is 0 Å². The fraction of sp³-hybridized carbons (Fsp3) is 0.800. The molecule has 8 nitrogen and oxygen atoms in total. The molecular weight excluding hydrogens is 576 g/mol. The third-order valence-corrected chi connectivity index (χ3v) is 14.8. The lowest BCUT2D eigenvalue weighted by Crippen LogP contribution is -2.62. The van der Waals surface area contributed by atoms with E-state index in [9.17, 15) is 23.4 Å². The van der Waals surface area contributed by atoms with Gasteiger partial charge in [-0.15, -0.1) is 0 Å². The second kappa shape index (κ2) is 12.1. The van der Waals surface area contributed by atoms with Crippen LogP contribution in [0.25, 0.3) is 0 Å². The van der Waals surface area contributed by atoms with Crippen LogP contribution in [0.3, 0.4) is 0 Å². The number of carbonyl (C=O) groups is 1. The van der Waals surface area contributed by atoms with Crippen molar-refractivity contribution in [2.75, 3.05) is 24.6 Å². The number of anilines is 1. The number of amides is 1. The summed E-state index contributed by atoms with van der Waals surface area (Å²) in [5, 5.41) is 22.5. The van der Waals surface area contributed by atoms with Gasteiger partial charge in [-0.3, -0.25) is 0 Å². The number of nitrogens with one attached hydrogen (secondary N) is 1. The quantitative estimate of drug-likeness (QED) is 0.340. The molecule has 5 aliphatic rings. The summed E-state index contributed by atoms with van der Waals surface area (Å²) in [6.07, 6.45) is 8.70. The standard InChI is InChI=1S/C35H54N2O6S/c1-5-26-30-20-24(38)14-16-35(30,4)29-15-17-34(3)27(12-13-28(34)31(29)32(26)39)22(2)21-43-33(40)36-44(41,42)25-10-8-23(9-11-25)37-18-6-7-19-37/h8-11,22,24,26-32,38-39H,5-7,12-21H2,1-4H3,(H,36,40)/t22-,24-,26-,27-,28+,29+,30+,31+,32-,34-,35-/m1/s1. The monoisotopic (exact) mass is 630 g/mol. The Morgan fingerprint density at radius 3 is 2.34 bits per heavy atom. The molecule has 4 aliphatic carbocycles. The Morgan fingerprint density at radius 1 is 1.00 bits per heavy atom. The van der Waals surface area contributed by atoms with Gasteiger partial charge in [-0.2, -0.15) is 0 Å². The molecule has 6 rings (SSSR count). The Balaban J connectivity index is 1.09. The molecule has 44 heavy (non-hydrogen) atoms. The van der Waals surface area contributed by atoms with Gasteiger partial charge in [-0.25, -0.2) is 17.9 Å². The van der Waals surface area contributed by atoms with Crippen molar-refractivity contribution in [3.63, 3.8) is 0 Å². The minimum atomic E-state index is -4.03. The molecule has 246 valence electrons. The van der Waals surface area contributed by atoms with Crippen molar-refractivity contribution in [1.82, 2.24) is 4.72 Å². The molecular formula is C35H54N2O6S. The molecule has 1 aromatic rings. The molecule has 0 spiro atoms. The van der Waals surface area contributed by atoms with Crippen LogP contribution in [0.2, 0.25) is 0 Å². The highest BCUT2D eigenvalue weighted by atomic mass is 32.2. The van der Waals surface area contributed by atoms with Crippen LogP contribution in [0.15, 0.2) is 29.2 Å². The number of rotatable bonds is 7. The van der Waals surface area contributed by atoms with Crippen LogP contribution in [-0.4, -0.2) is 56.6 Å². The summed E-state index contributed by atoms with van der Waals surface area (Å²) in [7, 11) is -4.03. The lowest BCUT2D eigenvalue weighted by Gasteiger charge is -2.64. The maximum Gasteiger partial charge on any atom is 0.421 e. The fourth-order valence-electron chi connectivity index (χ4n) is 11.3. The van der Waals surface area contributed by atoms with Gasteiger partial charge in [0.15, 0.2) is 0 Å². The zero-order chi connectivity index (χ0) is 31.4. The topological polar surface area (TPSA) is 116 Å². The Morgan fingerprint density at radius 2 is 1.66 bits per heavy atom. The molecule has 1 heterocycles. The van der Waals surface area contributed by atoms with Crippen LogP contribution in [0.1, 0.15) is 91.9 Å². The molecule has 5 fully saturated rings. The van der Waals surface area contributed by atoms with E-state index in [4.69, 9.17) is 4.74 Å². The van der Waals surface area contributed by atoms with E-state index >= 15 is 0 Å². The third kappa shape index (κ3) is 5.46. The molecule has 1 aliphatic heterocycles. The van der Waals surface area contributed by atoms with E-state index < -0.39 is 16.1 Å². The highest BCUT2D eigenvalue weighted by molar-refractivity contribution is 7.90. The smallest absolute Gasteiger partial charge is 0.421 e. The summed E-state index contributed by atoms with van der Waals surface area (Å²) >= 11 is 0. The second-order valence-electron chi connectivity index (χ2n) is 15.5. The lowest BCUT2D eigenvalue weighted by atomic mass is 9.41. The zero-order valence-electron chi connectivity index (χ0n) is 27.1. The number of nitrogens with zero attached hydrogens (tertiary/aromatic N) is 1. The van der Waals surface area contributed by atoms with Gasteiger partial charge >= 0.3 is 6.09 Å². The molecule has 4 saturated carbocycles. The van der Waals surface area contributed by atoms with E-state index in [1.54, 1.807) is 24.3 Å². The first-order valence-corrected chi connectivity index (χ1v) is 18.8. The zero-order valence-corrected chi connectivity index (χ0v) is 27.9. The van der Waals surface area contributed by atoms with Gasteiger partial charge in [-0.05, 0) is 134 Å². The number of hydrogen-bond donors (Lipinski definition) is 3. The summed E-state index contributed by atoms with van der Waals surface area (Å²) in [5.41, 5.74) is 1.20. The average Bonchev–Trinajstić information content (AvgIpc) is 3.65. The predicted molar refractivity (Wildman–Crippen MR) is 171 cm³/mol. The van der Waals surface area contributed by atoms with Gasteiger partial charge in [-0.1, -0.05) is 34.1 Å². The lowest BCUT2D eigenvalue weighted by molar-refractivity contribution is -0.203. The minimum Gasteiger partial charge on any atom is -0.449 e. The normalized spacial score (nSPS) is 40.9. The maximum atomic E-state index is 12.9. The number of aliphatic hydroxyl groups is 2. The van der Waals surface area contributed by atoms with E-state index in [1.807, 2.05) is 0 Å². The number of benzene rings is 1. The number of carbonyl (C=O) groups excluding carboxylic acids is 1. The van der Waals surface area contributed by atoms with E-state index in [1.165, 1.54) is 0 Å². The van der Waals surface area contributed by atoms with Crippen LogP contribution in [-0.2, 0) is 14.8 Å². The van der Waals surface area contributed by atoms with Crippen LogP contribution >= 0.6 is 0 Å². The van der Waals surface area contributed by atoms with Gasteiger partial charge < -0.3 is 19.8 Å². The molecule has 11 atom stereocenters. The van der Waals surface area contributed by atoms with Gasteiger partial charge in [0.05, 0.1) is 23.7 Å². The molecule has 1 saturated heterocycles. The Hall–Kier alpha value is -1.84. The highest BCUT2D eigenvalue weighted by Gasteiger charge is 2.65. The number of aliphatic hydroxyl groups excluding tert-OH is 2. The molecule has 1 amide bonds. The summed E-state index contributed by atoms with van der Waals surface area (Å²) in [4.78, 5) is 15.0. The summed E-state index contributed by atoms with van der Waals surface area (Å²) < 4.78 is 33.5. The first-order chi connectivity index (χ1) is 20.9. The van der Waals surface area contributed by atoms with Crippen molar-refractivity contribution in [2.45, 2.75) is 109 Å². The number of ether oxygens (including phenoxy) is 1. The second-order valence-corrected chi connectivity index (χ2v) is 17.2. The number of fused-ring (bicyclic) bond motifs is 5. The summed E-state index contributed by atoms with van der Waals surface area (Å²) in [6.45, 7) is 11.3. The highest BCUT2D eigenvalue weighted by Crippen LogP contribution is 2.69. The number of sulfonamides is 1. The molecule has 0 bridgehead atoms. The van der Waals surface area contributed by atoms with E-state index in [0.29, 0.717) is 23.7 Å². The van der Waals surface area contributed by atoms with E-state index in [2.05, 4.69) is 37.3 Å². The summed E-state index contributed by atoms with van der Waals surface area (Å²) in [6, 6.07) is 6.68. The van der Waals surface area contributed by atoms with Gasteiger partial charge in [0.1, 0.15) is 0 Å². The van der Waals surface area contributed by atoms with E-state index in [-0.39, 0.29) is 52.3 Å². The molecule has 0 radical (unpaired) electrons. The number of hydrogen-bond acceptors (Lipinski definition) is 7. The van der Waals surface area contributed by atoms with E-state index in [0.717, 1.165) is 83.0 Å². The van der Waals surface area contributed by atoms with Crippen LogP contribution in [0, 0.1) is 52.3 Å². The van der Waals surface area contributed by atoms with Crippen LogP contribution < -0.4 is 9.62 Å². The Labute approximate surface area is 264 Å². The molecule has 3 N–H and O–H groups in total. The average molecular weight is 631 g/mol. The predicted octanol–water partition coefficient (Wildman–Crippen LogP) is 5.96. The van der Waals surface area contributed by atoms with Crippen molar-refractivity contribution in [1.29, 1.82) is 0 Å². The van der Waals surface area contributed by atoms with Gasteiger partial charge in [0.2, 0.25) is 0 Å². The van der Waals surface area contributed by atoms with Gasteiger partial charge in [0, 0.05) is 18.8 Å². The van der Waals surface area contributed by atoms with Crippen LogP contribution in [0.4, 0.5) is 10.5 Å². The third-order valence-electron chi connectivity index (χ3n) is 13.5. The molecule has 9 heteroatoms. The van der Waals surface area contributed by atoms with Crippen molar-refractivity contribution in [3.05, 3.63) is 24.3 Å². The molecule has 0 unspecified atom stereocenters. The largest absolute Gasteiger partial charge is 0.449 e. The Kier molecular flexibility index (Phi) is 8.81. The summed E-state index contributed by atoms with van der Waals surface area (Å²) in [5.74, 6) is 2.16.